The number of nitrogens with zero attached hydrogens (tertiary/aromatic N) is 2. The molecule has 1 aliphatic carbocycles. The Balaban J connectivity index is 2.13. The van der Waals surface area contributed by atoms with Gasteiger partial charge in [0.1, 0.15) is 0 Å². The molecule has 0 aromatic heterocycles. The third-order valence-electron chi connectivity index (χ3n) is 4.72. The number of benzene rings is 1. The van der Waals surface area contributed by atoms with Gasteiger partial charge in [-0.15, -0.1) is 0 Å². The van der Waals surface area contributed by atoms with Crippen LogP contribution in [0.15, 0.2) is 24.3 Å². The molecule has 0 spiro atoms. The summed E-state index contributed by atoms with van der Waals surface area (Å²) in [4.78, 5) is 14.5. The van der Waals surface area contributed by atoms with Crippen molar-refractivity contribution in [2.24, 2.45) is 5.92 Å². The molecular weight excluding hydrogens is 276 g/mol. The van der Waals surface area contributed by atoms with Gasteiger partial charge in [0.05, 0.1) is 23.2 Å². The van der Waals surface area contributed by atoms with E-state index in [9.17, 15) is 9.90 Å². The van der Waals surface area contributed by atoms with Gasteiger partial charge in [-0.3, -0.25) is 4.79 Å². The molecule has 1 aromatic carbocycles. The number of likely N-dealkylation sites (N-methyl/N-ethyl adjacent to an activating group) is 1. The standard InChI is InChI=1S/C18H24N2O2/c1-18(2,15-8-4-6-13(10-15)11-19)17(22)20(3)12-14-7-5-9-16(14)21/h4,6,8,10,14,16,21H,5,7,9,12H2,1-3H3. The summed E-state index contributed by atoms with van der Waals surface area (Å²) in [7, 11) is 1.79. The van der Waals surface area contributed by atoms with Gasteiger partial charge in [0.2, 0.25) is 5.91 Å². The van der Waals surface area contributed by atoms with Gasteiger partial charge in [0, 0.05) is 19.5 Å². The summed E-state index contributed by atoms with van der Waals surface area (Å²) in [6.07, 6.45) is 2.55. The van der Waals surface area contributed by atoms with Crippen molar-refractivity contribution in [1.82, 2.24) is 4.90 Å². The normalized spacial score (nSPS) is 21.4. The number of hydrogen-bond donors (Lipinski definition) is 1. The smallest absolute Gasteiger partial charge is 0.232 e. The number of carbonyl (C=O) groups is 1. The molecule has 0 radical (unpaired) electrons. The monoisotopic (exact) mass is 300 g/mol. The SMILES string of the molecule is CN(CC1CCCC1O)C(=O)C(C)(C)c1cccc(C#N)c1. The van der Waals surface area contributed by atoms with Crippen LogP contribution in [0.2, 0.25) is 0 Å². The van der Waals surface area contributed by atoms with E-state index in [1.54, 1.807) is 24.1 Å². The highest BCUT2D eigenvalue weighted by Gasteiger charge is 2.35. The Morgan fingerprint density at radius 2 is 2.18 bits per heavy atom. The van der Waals surface area contributed by atoms with E-state index < -0.39 is 5.41 Å². The van der Waals surface area contributed by atoms with Gasteiger partial charge < -0.3 is 10.0 Å². The first-order valence-corrected chi connectivity index (χ1v) is 7.80. The molecular formula is C18H24N2O2. The second kappa shape index (κ2) is 6.50. The second-order valence-electron chi connectivity index (χ2n) is 6.76. The van der Waals surface area contributed by atoms with Gasteiger partial charge in [-0.1, -0.05) is 18.6 Å². The van der Waals surface area contributed by atoms with Crippen molar-refractivity contribution in [1.29, 1.82) is 5.26 Å². The molecule has 0 aliphatic heterocycles. The third-order valence-corrected chi connectivity index (χ3v) is 4.72. The molecule has 2 unspecified atom stereocenters. The molecule has 0 bridgehead atoms. The average molecular weight is 300 g/mol. The van der Waals surface area contributed by atoms with Gasteiger partial charge in [-0.2, -0.15) is 5.26 Å². The Bertz CT molecular complexity index is 589. The zero-order valence-corrected chi connectivity index (χ0v) is 13.5. The number of amides is 1. The van der Waals surface area contributed by atoms with Crippen LogP contribution in [0.1, 0.15) is 44.2 Å². The fourth-order valence-electron chi connectivity index (χ4n) is 3.24. The highest BCUT2D eigenvalue weighted by atomic mass is 16.3. The Morgan fingerprint density at radius 3 is 2.77 bits per heavy atom. The van der Waals surface area contributed by atoms with Crippen molar-refractivity contribution in [3.63, 3.8) is 0 Å². The molecule has 1 saturated carbocycles. The van der Waals surface area contributed by atoms with Gasteiger partial charge in [-0.25, -0.2) is 0 Å². The minimum absolute atomic E-state index is 0.0155. The fraction of sp³-hybridized carbons (Fsp3) is 0.556. The maximum atomic E-state index is 12.8. The van der Waals surface area contributed by atoms with E-state index in [4.69, 9.17) is 5.26 Å². The van der Waals surface area contributed by atoms with Crippen LogP contribution in [0, 0.1) is 17.2 Å². The Labute approximate surface area is 132 Å². The first-order valence-electron chi connectivity index (χ1n) is 7.80. The maximum absolute atomic E-state index is 12.8. The molecule has 1 amide bonds. The van der Waals surface area contributed by atoms with Crippen LogP contribution in [0.3, 0.4) is 0 Å². The maximum Gasteiger partial charge on any atom is 0.232 e. The molecule has 0 saturated heterocycles. The second-order valence-corrected chi connectivity index (χ2v) is 6.76. The van der Waals surface area contributed by atoms with Crippen LogP contribution in [0.25, 0.3) is 0 Å². The molecule has 2 rings (SSSR count). The molecule has 2 atom stereocenters. The van der Waals surface area contributed by atoms with Gasteiger partial charge in [-0.05, 0) is 44.4 Å². The van der Waals surface area contributed by atoms with E-state index in [1.165, 1.54) is 0 Å². The van der Waals surface area contributed by atoms with Crippen LogP contribution in [-0.4, -0.2) is 35.6 Å². The average Bonchev–Trinajstić information content (AvgIpc) is 2.91. The van der Waals surface area contributed by atoms with E-state index >= 15 is 0 Å². The Kier molecular flexibility index (Phi) is 4.87. The molecule has 1 aromatic rings. The van der Waals surface area contributed by atoms with Crippen LogP contribution in [-0.2, 0) is 10.2 Å². The summed E-state index contributed by atoms with van der Waals surface area (Å²) in [5, 5.41) is 19.0. The summed E-state index contributed by atoms with van der Waals surface area (Å²) < 4.78 is 0. The first-order chi connectivity index (χ1) is 10.4. The number of aliphatic hydroxyl groups is 1. The number of carbonyl (C=O) groups excluding carboxylic acids is 1. The molecule has 4 heteroatoms. The minimum atomic E-state index is -0.689. The van der Waals surface area contributed by atoms with E-state index in [0.717, 1.165) is 24.8 Å². The van der Waals surface area contributed by atoms with E-state index in [0.29, 0.717) is 12.1 Å². The summed E-state index contributed by atoms with van der Waals surface area (Å²) in [6.45, 7) is 4.35. The largest absolute Gasteiger partial charge is 0.393 e. The van der Waals surface area contributed by atoms with Crippen molar-refractivity contribution in [2.75, 3.05) is 13.6 Å². The summed E-state index contributed by atoms with van der Waals surface area (Å²) in [5.41, 5.74) is 0.716. The molecule has 118 valence electrons. The van der Waals surface area contributed by atoms with Gasteiger partial charge >= 0.3 is 0 Å². The number of rotatable bonds is 4. The van der Waals surface area contributed by atoms with Crippen LogP contribution < -0.4 is 0 Å². The van der Waals surface area contributed by atoms with Crippen LogP contribution >= 0.6 is 0 Å². The molecule has 1 aliphatic rings. The first kappa shape index (κ1) is 16.5. The van der Waals surface area contributed by atoms with Crippen LogP contribution in [0.4, 0.5) is 0 Å². The molecule has 4 nitrogen and oxygen atoms in total. The van der Waals surface area contributed by atoms with E-state index in [-0.39, 0.29) is 17.9 Å². The zero-order chi connectivity index (χ0) is 16.3. The lowest BCUT2D eigenvalue weighted by Gasteiger charge is -2.32. The zero-order valence-electron chi connectivity index (χ0n) is 13.5. The highest BCUT2D eigenvalue weighted by Crippen LogP contribution is 2.29. The van der Waals surface area contributed by atoms with Gasteiger partial charge in [0.25, 0.3) is 0 Å². The summed E-state index contributed by atoms with van der Waals surface area (Å²) in [6, 6.07) is 9.32. The summed E-state index contributed by atoms with van der Waals surface area (Å²) in [5.74, 6) is 0.192. The van der Waals surface area contributed by atoms with Gasteiger partial charge in [0.15, 0.2) is 0 Å². The van der Waals surface area contributed by atoms with Crippen molar-refractivity contribution in [3.05, 3.63) is 35.4 Å². The quantitative estimate of drug-likeness (QED) is 0.929. The fourth-order valence-corrected chi connectivity index (χ4v) is 3.24. The highest BCUT2D eigenvalue weighted by molar-refractivity contribution is 5.87. The lowest BCUT2D eigenvalue weighted by molar-refractivity contribution is -0.135. The lowest BCUT2D eigenvalue weighted by Crippen LogP contribution is -2.44. The molecule has 22 heavy (non-hydrogen) atoms. The van der Waals surface area contributed by atoms with Crippen molar-refractivity contribution in [2.45, 2.75) is 44.6 Å². The van der Waals surface area contributed by atoms with E-state index in [1.807, 2.05) is 26.0 Å². The molecule has 1 N–H and O–H groups in total. The summed E-state index contributed by atoms with van der Waals surface area (Å²) >= 11 is 0. The van der Waals surface area contributed by atoms with Crippen molar-refractivity contribution in [3.8, 4) is 6.07 Å². The topological polar surface area (TPSA) is 64.3 Å². The van der Waals surface area contributed by atoms with Crippen molar-refractivity contribution >= 4 is 5.91 Å². The minimum Gasteiger partial charge on any atom is -0.393 e. The van der Waals surface area contributed by atoms with E-state index in [2.05, 4.69) is 6.07 Å². The Hall–Kier alpha value is -1.86. The molecule has 0 heterocycles. The third kappa shape index (κ3) is 3.31. The predicted molar refractivity (Wildman–Crippen MR) is 85.2 cm³/mol. The van der Waals surface area contributed by atoms with Crippen molar-refractivity contribution < 1.29 is 9.90 Å². The number of nitriles is 1. The van der Waals surface area contributed by atoms with Crippen LogP contribution in [0.5, 0.6) is 0 Å². The number of aliphatic hydroxyl groups excluding tert-OH is 1. The Morgan fingerprint density at radius 1 is 1.45 bits per heavy atom. The molecule has 1 fully saturated rings. The number of hydrogen-bond acceptors (Lipinski definition) is 3. The predicted octanol–water partition coefficient (Wildman–Crippen LogP) is 2.46. The lowest BCUT2D eigenvalue weighted by atomic mass is 9.82.